The van der Waals surface area contributed by atoms with E-state index in [9.17, 15) is 0 Å². The van der Waals surface area contributed by atoms with E-state index in [-0.39, 0.29) is 0 Å². The van der Waals surface area contributed by atoms with E-state index in [0.717, 1.165) is 38.3 Å². The van der Waals surface area contributed by atoms with Crippen molar-refractivity contribution in [3.05, 3.63) is 22.8 Å². The van der Waals surface area contributed by atoms with Crippen molar-refractivity contribution in [3.63, 3.8) is 0 Å². The highest BCUT2D eigenvalue weighted by molar-refractivity contribution is 6.31. The van der Waals surface area contributed by atoms with Crippen LogP contribution in [-0.2, 0) is 11.3 Å². The molecule has 1 unspecified atom stereocenters. The van der Waals surface area contributed by atoms with Gasteiger partial charge in [0, 0.05) is 25.3 Å². The summed E-state index contributed by atoms with van der Waals surface area (Å²) in [5.74, 6) is 1.61. The van der Waals surface area contributed by atoms with Crippen LogP contribution in [0, 0.1) is 11.8 Å². The van der Waals surface area contributed by atoms with Crippen molar-refractivity contribution in [3.8, 4) is 5.88 Å². The molecule has 20 heavy (non-hydrogen) atoms. The smallest absolute Gasteiger partial charge is 0.232 e. The molecule has 1 atom stereocenters. The molecule has 0 bridgehead atoms. The highest BCUT2D eigenvalue weighted by Crippen LogP contribution is 2.24. The van der Waals surface area contributed by atoms with E-state index in [1.165, 1.54) is 0 Å². The Bertz CT molecular complexity index is 420. The van der Waals surface area contributed by atoms with Crippen LogP contribution in [0.1, 0.15) is 25.8 Å². The lowest BCUT2D eigenvalue weighted by Crippen LogP contribution is -2.19. The molecule has 5 heteroatoms. The zero-order valence-electron chi connectivity index (χ0n) is 12.2. The second-order valence-corrected chi connectivity index (χ2v) is 6.10. The van der Waals surface area contributed by atoms with Gasteiger partial charge in [0.1, 0.15) is 5.02 Å². The minimum absolute atomic E-state index is 0.459. The minimum atomic E-state index is 0.459. The Morgan fingerprint density at radius 3 is 3.05 bits per heavy atom. The van der Waals surface area contributed by atoms with Gasteiger partial charge in [-0.05, 0) is 30.5 Å². The molecule has 0 saturated carbocycles. The maximum atomic E-state index is 6.21. The SMILES string of the molecule is CC(C)CNCc1cnc(OCC2CCOC2)c(Cl)c1. The highest BCUT2D eigenvalue weighted by Gasteiger charge is 2.17. The number of aromatic nitrogens is 1. The Hall–Kier alpha value is -0.840. The molecule has 1 N–H and O–H groups in total. The topological polar surface area (TPSA) is 43.4 Å². The number of hydrogen-bond donors (Lipinski definition) is 1. The molecule has 0 aliphatic carbocycles. The number of nitrogens with one attached hydrogen (secondary N) is 1. The van der Waals surface area contributed by atoms with Crippen LogP contribution in [-0.4, -0.2) is 31.3 Å². The molecule has 1 aromatic rings. The van der Waals surface area contributed by atoms with Gasteiger partial charge in [0.25, 0.3) is 0 Å². The highest BCUT2D eigenvalue weighted by atomic mass is 35.5. The maximum Gasteiger partial charge on any atom is 0.232 e. The van der Waals surface area contributed by atoms with E-state index in [2.05, 4.69) is 24.1 Å². The summed E-state index contributed by atoms with van der Waals surface area (Å²) in [6.45, 7) is 8.35. The van der Waals surface area contributed by atoms with Gasteiger partial charge in [0.05, 0.1) is 13.2 Å². The van der Waals surface area contributed by atoms with E-state index in [0.29, 0.717) is 29.3 Å². The van der Waals surface area contributed by atoms with Crippen LogP contribution in [0.25, 0.3) is 0 Å². The fourth-order valence-electron chi connectivity index (χ4n) is 2.08. The summed E-state index contributed by atoms with van der Waals surface area (Å²) in [6, 6.07) is 1.92. The quantitative estimate of drug-likeness (QED) is 0.840. The Balaban J connectivity index is 1.81. The zero-order valence-corrected chi connectivity index (χ0v) is 12.9. The standard InChI is InChI=1S/C15H23ClN2O2/c1-11(2)6-17-7-13-5-14(16)15(18-8-13)20-10-12-3-4-19-9-12/h5,8,11-12,17H,3-4,6-7,9-10H2,1-2H3. The average molecular weight is 299 g/mol. The lowest BCUT2D eigenvalue weighted by atomic mass is 10.1. The molecule has 1 aliphatic heterocycles. The van der Waals surface area contributed by atoms with E-state index in [1.54, 1.807) is 0 Å². The fourth-order valence-corrected chi connectivity index (χ4v) is 2.33. The van der Waals surface area contributed by atoms with Crippen molar-refractivity contribution in [2.24, 2.45) is 11.8 Å². The van der Waals surface area contributed by atoms with Gasteiger partial charge in [-0.15, -0.1) is 0 Å². The molecule has 112 valence electrons. The number of nitrogens with zero attached hydrogens (tertiary/aromatic N) is 1. The Morgan fingerprint density at radius 1 is 1.55 bits per heavy atom. The molecule has 0 spiro atoms. The molecule has 0 amide bonds. The summed E-state index contributed by atoms with van der Waals surface area (Å²) in [5, 5.41) is 3.95. The Morgan fingerprint density at radius 2 is 2.40 bits per heavy atom. The summed E-state index contributed by atoms with van der Waals surface area (Å²) >= 11 is 6.21. The molecule has 1 fully saturated rings. The van der Waals surface area contributed by atoms with Crippen LogP contribution in [0.4, 0.5) is 0 Å². The van der Waals surface area contributed by atoms with Gasteiger partial charge in [-0.2, -0.15) is 0 Å². The Kier molecular flexibility index (Phi) is 6.07. The van der Waals surface area contributed by atoms with Crippen molar-refractivity contribution >= 4 is 11.6 Å². The van der Waals surface area contributed by atoms with Crippen LogP contribution in [0.3, 0.4) is 0 Å². The molecular formula is C15H23ClN2O2. The van der Waals surface area contributed by atoms with Crippen LogP contribution in [0.2, 0.25) is 5.02 Å². The van der Waals surface area contributed by atoms with E-state index in [4.69, 9.17) is 21.1 Å². The van der Waals surface area contributed by atoms with Gasteiger partial charge in [-0.25, -0.2) is 4.98 Å². The lowest BCUT2D eigenvalue weighted by molar-refractivity contribution is 0.165. The summed E-state index contributed by atoms with van der Waals surface area (Å²) < 4.78 is 11.0. The molecule has 0 radical (unpaired) electrons. The fraction of sp³-hybridized carbons (Fsp3) is 0.667. The minimum Gasteiger partial charge on any atom is -0.476 e. The lowest BCUT2D eigenvalue weighted by Gasteiger charge is -2.12. The molecule has 2 heterocycles. The van der Waals surface area contributed by atoms with Gasteiger partial charge in [-0.1, -0.05) is 25.4 Å². The largest absolute Gasteiger partial charge is 0.476 e. The Labute approximate surface area is 125 Å². The predicted octanol–water partition coefficient (Wildman–Crippen LogP) is 2.90. The van der Waals surface area contributed by atoms with Crippen LogP contribution < -0.4 is 10.1 Å². The summed E-state index contributed by atoms with van der Waals surface area (Å²) in [5.41, 5.74) is 1.08. The average Bonchev–Trinajstić information content (AvgIpc) is 2.90. The molecule has 1 aliphatic rings. The number of halogens is 1. The third kappa shape index (κ3) is 4.93. The first-order valence-electron chi connectivity index (χ1n) is 7.21. The van der Waals surface area contributed by atoms with Gasteiger partial charge in [0.15, 0.2) is 0 Å². The summed E-state index contributed by atoms with van der Waals surface area (Å²) in [7, 11) is 0. The first-order chi connectivity index (χ1) is 9.65. The number of pyridine rings is 1. The van der Waals surface area contributed by atoms with Crippen molar-refractivity contribution in [1.82, 2.24) is 10.3 Å². The van der Waals surface area contributed by atoms with E-state index < -0.39 is 0 Å². The van der Waals surface area contributed by atoms with E-state index in [1.807, 2.05) is 12.3 Å². The zero-order chi connectivity index (χ0) is 14.4. The first-order valence-corrected chi connectivity index (χ1v) is 7.58. The molecule has 1 saturated heterocycles. The predicted molar refractivity (Wildman–Crippen MR) is 80.2 cm³/mol. The third-order valence-electron chi connectivity index (χ3n) is 3.23. The van der Waals surface area contributed by atoms with Gasteiger partial charge in [0.2, 0.25) is 5.88 Å². The van der Waals surface area contributed by atoms with Crippen LogP contribution in [0.15, 0.2) is 12.3 Å². The third-order valence-corrected chi connectivity index (χ3v) is 3.50. The van der Waals surface area contributed by atoms with Crippen LogP contribution >= 0.6 is 11.6 Å². The molecule has 2 rings (SSSR count). The molecule has 4 nitrogen and oxygen atoms in total. The first kappa shape index (κ1) is 15.5. The number of ether oxygens (including phenoxy) is 2. The van der Waals surface area contributed by atoms with Gasteiger partial charge in [-0.3, -0.25) is 0 Å². The molecule has 0 aromatic carbocycles. The monoisotopic (exact) mass is 298 g/mol. The van der Waals surface area contributed by atoms with Crippen molar-refractivity contribution < 1.29 is 9.47 Å². The second kappa shape index (κ2) is 7.81. The number of hydrogen-bond acceptors (Lipinski definition) is 4. The second-order valence-electron chi connectivity index (χ2n) is 5.70. The summed E-state index contributed by atoms with van der Waals surface area (Å²) in [4.78, 5) is 4.30. The normalized spacial score (nSPS) is 18.7. The molecule has 1 aromatic heterocycles. The van der Waals surface area contributed by atoms with Crippen molar-refractivity contribution in [1.29, 1.82) is 0 Å². The maximum absolute atomic E-state index is 6.21. The van der Waals surface area contributed by atoms with Gasteiger partial charge >= 0.3 is 0 Å². The molecular weight excluding hydrogens is 276 g/mol. The van der Waals surface area contributed by atoms with Crippen molar-refractivity contribution in [2.75, 3.05) is 26.4 Å². The van der Waals surface area contributed by atoms with Crippen molar-refractivity contribution in [2.45, 2.75) is 26.8 Å². The number of rotatable bonds is 7. The van der Waals surface area contributed by atoms with Gasteiger partial charge < -0.3 is 14.8 Å². The van der Waals surface area contributed by atoms with Crippen LogP contribution in [0.5, 0.6) is 5.88 Å². The van der Waals surface area contributed by atoms with E-state index >= 15 is 0 Å². The summed E-state index contributed by atoms with van der Waals surface area (Å²) in [6.07, 6.45) is 2.87.